The Morgan fingerprint density at radius 1 is 1.14 bits per heavy atom. The van der Waals surface area contributed by atoms with E-state index in [2.05, 4.69) is 52.7 Å². The number of aliphatic hydroxyl groups excluding tert-OH is 1. The highest BCUT2D eigenvalue weighted by molar-refractivity contribution is 6.74. The minimum absolute atomic E-state index is 0.0617. The van der Waals surface area contributed by atoms with Crippen LogP contribution in [0.15, 0.2) is 18.3 Å². The molecule has 0 spiro atoms. The molecule has 10 heteroatoms. The summed E-state index contributed by atoms with van der Waals surface area (Å²) in [5.74, 6) is -1.38. The summed E-state index contributed by atoms with van der Waals surface area (Å²) in [6.45, 7) is 20.1. The van der Waals surface area contributed by atoms with Crippen LogP contribution in [0.25, 0.3) is 5.57 Å². The number of ether oxygens (including phenoxy) is 1. The summed E-state index contributed by atoms with van der Waals surface area (Å²) >= 11 is 0. The Morgan fingerprint density at radius 2 is 1.81 bits per heavy atom. The molecule has 0 amide bonds. The number of pyridine rings is 2. The maximum absolute atomic E-state index is 15.3. The topological polar surface area (TPSA) is 64.5 Å². The summed E-state index contributed by atoms with van der Waals surface area (Å²) in [6, 6.07) is 0.395. The first-order chi connectivity index (χ1) is 19.2. The first-order valence-electron chi connectivity index (χ1n) is 14.7. The first-order valence-corrected chi connectivity index (χ1v) is 17.6. The highest BCUT2D eigenvalue weighted by atomic mass is 28.4. The average molecular weight is 609 g/mol. The molecular formula is C32H44F4N2O3Si. The van der Waals surface area contributed by atoms with Crippen LogP contribution in [0.1, 0.15) is 119 Å². The smallest absolute Gasteiger partial charge is 0.410 e. The van der Waals surface area contributed by atoms with Gasteiger partial charge in [0.15, 0.2) is 8.32 Å². The number of alkyl halides is 3. The number of aromatic nitrogens is 2. The van der Waals surface area contributed by atoms with Crippen molar-refractivity contribution in [1.82, 2.24) is 9.97 Å². The summed E-state index contributed by atoms with van der Waals surface area (Å²) in [4.78, 5) is 8.94. The number of halogens is 4. The predicted molar refractivity (Wildman–Crippen MR) is 158 cm³/mol. The van der Waals surface area contributed by atoms with Crippen LogP contribution in [0.4, 0.5) is 17.6 Å². The molecule has 42 heavy (non-hydrogen) atoms. The molecule has 0 bridgehead atoms. The van der Waals surface area contributed by atoms with Gasteiger partial charge in [0, 0.05) is 23.0 Å². The second-order valence-corrected chi connectivity index (χ2v) is 19.0. The van der Waals surface area contributed by atoms with Gasteiger partial charge in [-0.1, -0.05) is 54.5 Å². The van der Waals surface area contributed by atoms with Crippen molar-refractivity contribution in [2.45, 2.75) is 110 Å². The minimum atomic E-state index is -4.76. The third kappa shape index (κ3) is 6.51. The SMILES string of the molecule is CC(C)c1nc2c(c(C3=CCOCC3)c1[C@H](O)c1ncc(C(F)(F)F)cc1F)[C@@H](O[Si](C)(C)C(C)(C)C)CC(C)(C)C2. The quantitative estimate of drug-likeness (QED) is 0.263. The van der Waals surface area contributed by atoms with Gasteiger partial charge in [-0.25, -0.2) is 4.39 Å². The standard InChI is InChI=1S/C32H44F4N2O3Si/c1-18(2)27-26(29(39)28-21(33)14-20(17-37-28)32(34,35)36)24(19-10-12-40-13-11-19)25-22(38-27)15-31(6,7)16-23(25)41-42(8,9)30(3,4)5/h10,14,17-18,23,29,39H,11-13,15-16H2,1-9H3/t23-,29-/m0/s1. The number of rotatable bonds is 6. The van der Waals surface area contributed by atoms with E-state index in [-0.39, 0.29) is 22.5 Å². The van der Waals surface area contributed by atoms with Gasteiger partial charge in [-0.05, 0) is 65.9 Å². The maximum Gasteiger partial charge on any atom is 0.417 e. The van der Waals surface area contributed by atoms with Crippen LogP contribution in [0.2, 0.25) is 18.1 Å². The van der Waals surface area contributed by atoms with Gasteiger partial charge in [0.25, 0.3) is 0 Å². The van der Waals surface area contributed by atoms with Crippen LogP contribution in [-0.4, -0.2) is 36.6 Å². The molecule has 232 valence electrons. The molecule has 0 fully saturated rings. The molecular weight excluding hydrogens is 564 g/mol. The Hall–Kier alpha value is -2.14. The van der Waals surface area contributed by atoms with E-state index in [9.17, 15) is 18.3 Å². The lowest BCUT2D eigenvalue weighted by atomic mass is 9.71. The molecule has 2 aromatic heterocycles. The molecule has 2 atom stereocenters. The minimum Gasteiger partial charge on any atom is -0.410 e. The van der Waals surface area contributed by atoms with Crippen LogP contribution >= 0.6 is 0 Å². The Kier molecular flexibility index (Phi) is 8.90. The zero-order valence-electron chi connectivity index (χ0n) is 26.2. The Morgan fingerprint density at radius 3 is 2.33 bits per heavy atom. The Labute approximate surface area is 247 Å². The molecule has 1 N–H and O–H groups in total. The largest absolute Gasteiger partial charge is 0.417 e. The average Bonchev–Trinajstić information content (AvgIpc) is 2.85. The highest BCUT2D eigenvalue weighted by Gasteiger charge is 2.45. The van der Waals surface area contributed by atoms with Crippen molar-refractivity contribution in [3.63, 3.8) is 0 Å². The van der Waals surface area contributed by atoms with Crippen LogP contribution in [0.3, 0.4) is 0 Å². The van der Waals surface area contributed by atoms with E-state index in [1.807, 2.05) is 19.9 Å². The molecule has 0 saturated heterocycles. The fourth-order valence-electron chi connectivity index (χ4n) is 5.69. The third-order valence-corrected chi connectivity index (χ3v) is 13.4. The predicted octanol–water partition coefficient (Wildman–Crippen LogP) is 8.68. The van der Waals surface area contributed by atoms with Crippen LogP contribution in [-0.2, 0) is 21.8 Å². The monoisotopic (exact) mass is 608 g/mol. The zero-order chi connectivity index (χ0) is 31.4. The number of aliphatic hydroxyl groups is 1. The fourth-order valence-corrected chi connectivity index (χ4v) is 6.95. The lowest BCUT2D eigenvalue weighted by Gasteiger charge is -2.45. The Bertz CT molecular complexity index is 1360. The molecule has 2 aliphatic rings. The third-order valence-electron chi connectivity index (χ3n) is 8.89. The van der Waals surface area contributed by atoms with Gasteiger partial charge >= 0.3 is 6.18 Å². The Balaban J connectivity index is 2.04. The van der Waals surface area contributed by atoms with E-state index >= 15 is 4.39 Å². The number of hydrogen-bond donors (Lipinski definition) is 1. The molecule has 5 nitrogen and oxygen atoms in total. The summed E-state index contributed by atoms with van der Waals surface area (Å²) in [5.41, 5.74) is 2.64. The molecule has 3 heterocycles. The molecule has 0 saturated carbocycles. The second-order valence-electron chi connectivity index (χ2n) is 14.3. The van der Waals surface area contributed by atoms with E-state index in [1.165, 1.54) is 0 Å². The summed E-state index contributed by atoms with van der Waals surface area (Å²) in [7, 11) is -2.29. The van der Waals surface area contributed by atoms with E-state index in [0.717, 1.165) is 28.8 Å². The van der Waals surface area contributed by atoms with Crippen molar-refractivity contribution >= 4 is 13.9 Å². The van der Waals surface area contributed by atoms with E-state index in [4.69, 9.17) is 14.1 Å². The lowest BCUT2D eigenvalue weighted by molar-refractivity contribution is -0.138. The van der Waals surface area contributed by atoms with Crippen molar-refractivity contribution in [2.24, 2.45) is 5.41 Å². The normalized spacial score (nSPS) is 20.4. The van der Waals surface area contributed by atoms with Crippen molar-refractivity contribution in [2.75, 3.05) is 13.2 Å². The first kappa shape index (κ1) is 32.8. The summed E-state index contributed by atoms with van der Waals surface area (Å²) < 4.78 is 67.9. The number of nitrogens with zero attached hydrogens (tertiary/aromatic N) is 2. The van der Waals surface area contributed by atoms with Crippen LogP contribution in [0, 0.1) is 11.2 Å². The molecule has 0 unspecified atom stereocenters. The van der Waals surface area contributed by atoms with Crippen molar-refractivity contribution in [3.05, 3.63) is 63.5 Å². The van der Waals surface area contributed by atoms with Crippen molar-refractivity contribution < 1.29 is 31.8 Å². The molecule has 4 rings (SSSR count). The molecule has 0 aromatic carbocycles. The summed E-state index contributed by atoms with van der Waals surface area (Å²) in [5, 5.41) is 11.8. The highest BCUT2D eigenvalue weighted by Crippen LogP contribution is 2.51. The number of fused-ring (bicyclic) bond motifs is 1. The maximum atomic E-state index is 15.3. The van der Waals surface area contributed by atoms with Crippen molar-refractivity contribution in [1.29, 1.82) is 0 Å². The van der Waals surface area contributed by atoms with Gasteiger partial charge in [0.05, 0.1) is 30.6 Å². The van der Waals surface area contributed by atoms with Crippen LogP contribution < -0.4 is 0 Å². The van der Waals surface area contributed by atoms with Gasteiger partial charge in [-0.2, -0.15) is 13.2 Å². The second kappa shape index (κ2) is 11.4. The van der Waals surface area contributed by atoms with Gasteiger partial charge < -0.3 is 14.3 Å². The van der Waals surface area contributed by atoms with Crippen molar-refractivity contribution in [3.8, 4) is 0 Å². The molecule has 0 radical (unpaired) electrons. The van der Waals surface area contributed by atoms with Gasteiger partial charge in [0.2, 0.25) is 0 Å². The molecule has 1 aliphatic heterocycles. The van der Waals surface area contributed by atoms with Gasteiger partial charge in [-0.3, -0.25) is 9.97 Å². The lowest BCUT2D eigenvalue weighted by Crippen LogP contribution is -2.44. The fraction of sp³-hybridized carbons (Fsp3) is 0.625. The zero-order valence-corrected chi connectivity index (χ0v) is 27.2. The molecule has 1 aliphatic carbocycles. The van der Waals surface area contributed by atoms with Crippen LogP contribution in [0.5, 0.6) is 0 Å². The number of hydrogen-bond acceptors (Lipinski definition) is 5. The van der Waals surface area contributed by atoms with E-state index in [0.29, 0.717) is 49.6 Å². The van der Waals surface area contributed by atoms with E-state index in [1.54, 1.807) is 0 Å². The van der Waals surface area contributed by atoms with Gasteiger partial charge in [-0.15, -0.1) is 0 Å². The summed E-state index contributed by atoms with van der Waals surface area (Å²) in [6.07, 6.45) is -2.19. The van der Waals surface area contributed by atoms with Gasteiger partial charge in [0.1, 0.15) is 17.6 Å². The van der Waals surface area contributed by atoms with E-state index < -0.39 is 37.7 Å². The molecule has 2 aromatic rings.